The molecular weight excluding hydrogens is 597 g/mol. The van der Waals surface area contributed by atoms with Crippen LogP contribution in [-0.4, -0.2) is 50.4 Å². The van der Waals surface area contributed by atoms with Crippen molar-refractivity contribution >= 4 is 50.7 Å². The number of amides is 2. The lowest BCUT2D eigenvalue weighted by molar-refractivity contribution is -0.141. The lowest BCUT2D eigenvalue weighted by Gasteiger charge is -2.34. The molecule has 1 N–H and O–H groups in total. The molecule has 42 heavy (non-hydrogen) atoms. The number of rotatable bonds is 11. The summed E-state index contributed by atoms with van der Waals surface area (Å²) >= 11 is 12.5. The lowest BCUT2D eigenvalue weighted by Crippen LogP contribution is -2.55. The number of halogens is 2. The highest BCUT2D eigenvalue weighted by molar-refractivity contribution is 7.92. The average molecular weight is 635 g/mol. The van der Waals surface area contributed by atoms with Gasteiger partial charge >= 0.3 is 0 Å². The van der Waals surface area contributed by atoms with Crippen LogP contribution >= 0.6 is 23.2 Å². The molecular formula is C31H37Cl2N3O5S. The number of aryl methyl sites for hydroxylation is 1. The number of hydrogen-bond acceptors (Lipinski definition) is 5. The van der Waals surface area contributed by atoms with Crippen LogP contribution in [0.5, 0.6) is 5.75 Å². The fraction of sp³-hybridized carbons (Fsp3) is 0.355. The van der Waals surface area contributed by atoms with Gasteiger partial charge in [0.05, 0.1) is 22.7 Å². The molecule has 11 heteroatoms. The van der Waals surface area contributed by atoms with E-state index in [1.807, 2.05) is 27.7 Å². The summed E-state index contributed by atoms with van der Waals surface area (Å²) in [4.78, 5) is 29.0. The lowest BCUT2D eigenvalue weighted by atomic mass is 10.1. The second-order valence-corrected chi connectivity index (χ2v) is 13.7. The third kappa shape index (κ3) is 8.40. The van der Waals surface area contributed by atoms with Crippen molar-refractivity contribution < 1.29 is 22.7 Å². The first-order chi connectivity index (χ1) is 19.7. The molecule has 0 unspecified atom stereocenters. The largest absolute Gasteiger partial charge is 0.495 e. The Bertz CT molecular complexity index is 1510. The van der Waals surface area contributed by atoms with Crippen LogP contribution in [0.3, 0.4) is 0 Å². The molecule has 0 spiro atoms. The topological polar surface area (TPSA) is 96.0 Å². The number of benzene rings is 3. The van der Waals surface area contributed by atoms with E-state index in [1.54, 1.807) is 43.3 Å². The molecule has 0 aliphatic rings. The Morgan fingerprint density at radius 1 is 0.976 bits per heavy atom. The molecule has 0 bridgehead atoms. The minimum atomic E-state index is -4.23. The first-order valence-electron chi connectivity index (χ1n) is 13.4. The number of methoxy groups -OCH3 is 1. The van der Waals surface area contributed by atoms with Crippen LogP contribution in [0.4, 0.5) is 5.69 Å². The molecule has 8 nitrogen and oxygen atoms in total. The standard InChI is InChI=1S/C31H37Cl2N3O5S/c1-7-27(30(38)34-31(3,4)5)35(19-22-10-12-23(32)13-11-22)29(37)20-36(24-14-17-28(41-6)26(33)18-24)42(39,40)25-15-8-21(2)9-16-25/h8-18,27H,7,19-20H2,1-6H3,(H,34,38)/t27-/m0/s1. The Kier molecular flexibility index (Phi) is 10.9. The zero-order chi connectivity index (χ0) is 31.2. The van der Waals surface area contributed by atoms with Gasteiger partial charge in [-0.05, 0) is 82.1 Å². The number of carbonyl (C=O) groups excluding carboxylic acids is 2. The van der Waals surface area contributed by atoms with Gasteiger partial charge in [-0.25, -0.2) is 8.42 Å². The number of nitrogens with zero attached hydrogens (tertiary/aromatic N) is 2. The van der Waals surface area contributed by atoms with Crippen molar-refractivity contribution in [2.75, 3.05) is 18.0 Å². The van der Waals surface area contributed by atoms with Gasteiger partial charge in [0.15, 0.2) is 0 Å². The van der Waals surface area contributed by atoms with Crippen LogP contribution in [-0.2, 0) is 26.2 Å². The maximum absolute atomic E-state index is 14.2. The van der Waals surface area contributed by atoms with E-state index in [1.165, 1.54) is 42.3 Å². The first-order valence-corrected chi connectivity index (χ1v) is 15.6. The van der Waals surface area contributed by atoms with Crippen molar-refractivity contribution in [2.45, 2.75) is 64.1 Å². The van der Waals surface area contributed by atoms with Crippen molar-refractivity contribution in [2.24, 2.45) is 0 Å². The molecule has 2 amide bonds. The average Bonchev–Trinajstić information content (AvgIpc) is 2.91. The van der Waals surface area contributed by atoms with Crippen molar-refractivity contribution in [3.8, 4) is 5.75 Å². The summed E-state index contributed by atoms with van der Waals surface area (Å²) in [6, 6.07) is 16.9. The number of hydrogen-bond donors (Lipinski definition) is 1. The Labute approximate surface area is 258 Å². The quantitative estimate of drug-likeness (QED) is 0.270. The van der Waals surface area contributed by atoms with E-state index in [2.05, 4.69) is 5.32 Å². The van der Waals surface area contributed by atoms with Gasteiger partial charge in [0.25, 0.3) is 10.0 Å². The summed E-state index contributed by atoms with van der Waals surface area (Å²) in [5, 5.41) is 3.66. The van der Waals surface area contributed by atoms with Gasteiger partial charge in [0, 0.05) is 17.1 Å². The molecule has 1 atom stereocenters. The van der Waals surface area contributed by atoms with Crippen LogP contribution in [0.2, 0.25) is 10.0 Å². The molecule has 0 radical (unpaired) electrons. The predicted molar refractivity (Wildman–Crippen MR) is 168 cm³/mol. The molecule has 226 valence electrons. The Balaban J connectivity index is 2.10. The highest BCUT2D eigenvalue weighted by Gasteiger charge is 2.34. The summed E-state index contributed by atoms with van der Waals surface area (Å²) in [5.41, 5.74) is 1.25. The summed E-state index contributed by atoms with van der Waals surface area (Å²) in [6.45, 7) is 8.70. The van der Waals surface area contributed by atoms with E-state index in [0.29, 0.717) is 17.2 Å². The van der Waals surface area contributed by atoms with Crippen molar-refractivity contribution in [3.05, 3.63) is 87.9 Å². The van der Waals surface area contributed by atoms with E-state index in [0.717, 1.165) is 15.4 Å². The highest BCUT2D eigenvalue weighted by atomic mass is 35.5. The van der Waals surface area contributed by atoms with Crippen LogP contribution < -0.4 is 14.4 Å². The van der Waals surface area contributed by atoms with Gasteiger partial charge in [0.2, 0.25) is 11.8 Å². The summed E-state index contributed by atoms with van der Waals surface area (Å²) < 4.78 is 34.3. The normalized spacial score (nSPS) is 12.4. The van der Waals surface area contributed by atoms with Crippen molar-refractivity contribution in [1.82, 2.24) is 10.2 Å². The number of sulfonamides is 1. The van der Waals surface area contributed by atoms with Crippen LogP contribution in [0.25, 0.3) is 0 Å². The summed E-state index contributed by atoms with van der Waals surface area (Å²) in [5.74, 6) is -0.551. The van der Waals surface area contributed by atoms with Gasteiger partial charge in [-0.3, -0.25) is 13.9 Å². The Morgan fingerprint density at radius 3 is 2.12 bits per heavy atom. The van der Waals surface area contributed by atoms with E-state index < -0.39 is 34.1 Å². The molecule has 0 heterocycles. The molecule has 0 aliphatic heterocycles. The van der Waals surface area contributed by atoms with Gasteiger partial charge in [-0.1, -0.05) is 60.0 Å². The van der Waals surface area contributed by atoms with Crippen molar-refractivity contribution in [1.29, 1.82) is 0 Å². The molecule has 3 aromatic carbocycles. The maximum atomic E-state index is 14.2. The fourth-order valence-corrected chi connectivity index (χ4v) is 6.12. The van der Waals surface area contributed by atoms with E-state index >= 15 is 0 Å². The Hall–Kier alpha value is -3.27. The molecule has 0 fully saturated rings. The minimum Gasteiger partial charge on any atom is -0.495 e. The first kappa shape index (κ1) is 33.2. The molecule has 0 saturated carbocycles. The minimum absolute atomic E-state index is 0.00890. The molecule has 0 aliphatic carbocycles. The number of ether oxygens (including phenoxy) is 1. The zero-order valence-corrected chi connectivity index (χ0v) is 27.0. The van der Waals surface area contributed by atoms with Crippen LogP contribution in [0.15, 0.2) is 71.6 Å². The van der Waals surface area contributed by atoms with Crippen LogP contribution in [0.1, 0.15) is 45.2 Å². The summed E-state index contributed by atoms with van der Waals surface area (Å²) in [6.07, 6.45) is 0.306. The third-order valence-electron chi connectivity index (χ3n) is 6.46. The second kappa shape index (κ2) is 13.8. The number of anilines is 1. The van der Waals surface area contributed by atoms with E-state index in [4.69, 9.17) is 27.9 Å². The molecule has 0 saturated heterocycles. The Morgan fingerprint density at radius 2 is 1.60 bits per heavy atom. The SMILES string of the molecule is CC[C@@H](C(=O)NC(C)(C)C)N(Cc1ccc(Cl)cc1)C(=O)CN(c1ccc(OC)c(Cl)c1)S(=O)(=O)c1ccc(C)cc1. The zero-order valence-electron chi connectivity index (χ0n) is 24.6. The van der Waals surface area contributed by atoms with Crippen molar-refractivity contribution in [3.63, 3.8) is 0 Å². The smallest absolute Gasteiger partial charge is 0.264 e. The highest BCUT2D eigenvalue weighted by Crippen LogP contribution is 2.32. The van der Waals surface area contributed by atoms with Gasteiger partial charge < -0.3 is 15.0 Å². The molecule has 0 aromatic heterocycles. The summed E-state index contributed by atoms with van der Waals surface area (Å²) in [7, 11) is -2.78. The molecule has 3 rings (SSSR count). The fourth-order valence-electron chi connectivity index (χ4n) is 4.34. The number of carbonyl (C=O) groups is 2. The van der Waals surface area contributed by atoms with Gasteiger partial charge in [0.1, 0.15) is 18.3 Å². The molecule has 3 aromatic rings. The maximum Gasteiger partial charge on any atom is 0.264 e. The number of nitrogens with one attached hydrogen (secondary N) is 1. The third-order valence-corrected chi connectivity index (χ3v) is 8.80. The van der Waals surface area contributed by atoms with E-state index in [9.17, 15) is 18.0 Å². The van der Waals surface area contributed by atoms with Crippen LogP contribution in [0, 0.1) is 6.92 Å². The monoisotopic (exact) mass is 633 g/mol. The van der Waals surface area contributed by atoms with Gasteiger partial charge in [-0.15, -0.1) is 0 Å². The van der Waals surface area contributed by atoms with Gasteiger partial charge in [-0.2, -0.15) is 0 Å². The second-order valence-electron chi connectivity index (χ2n) is 11.0. The van der Waals surface area contributed by atoms with E-state index in [-0.39, 0.29) is 28.1 Å². The predicted octanol–water partition coefficient (Wildman–Crippen LogP) is 6.23.